The van der Waals surface area contributed by atoms with Crippen molar-refractivity contribution in [1.82, 2.24) is 14.5 Å². The second-order valence-corrected chi connectivity index (χ2v) is 8.18. The van der Waals surface area contributed by atoms with Crippen molar-refractivity contribution >= 4 is 28.3 Å². The quantitative estimate of drug-likeness (QED) is 0.496. The average Bonchev–Trinajstić information content (AvgIpc) is 3.44. The number of anilines is 2. The number of amides is 1. The van der Waals surface area contributed by atoms with Gasteiger partial charge >= 0.3 is 0 Å². The molecule has 0 aliphatic carbocycles. The van der Waals surface area contributed by atoms with Gasteiger partial charge in [0.05, 0.1) is 11.9 Å². The van der Waals surface area contributed by atoms with E-state index in [-0.39, 0.29) is 11.7 Å². The number of aryl methyl sites for hydroxylation is 1. The second-order valence-electron chi connectivity index (χ2n) is 8.18. The lowest BCUT2D eigenvalue weighted by molar-refractivity contribution is 0.101. The van der Waals surface area contributed by atoms with Gasteiger partial charge in [-0.25, -0.2) is 9.37 Å². The zero-order valence-electron chi connectivity index (χ0n) is 17.9. The maximum Gasteiger partial charge on any atom is 0.272 e. The lowest BCUT2D eigenvalue weighted by atomic mass is 10.2. The Bertz CT molecular complexity index is 1280. The Labute approximate surface area is 185 Å². The fourth-order valence-corrected chi connectivity index (χ4v) is 4.25. The van der Waals surface area contributed by atoms with Crippen LogP contribution in [0.25, 0.3) is 10.9 Å². The van der Waals surface area contributed by atoms with Crippen molar-refractivity contribution in [3.8, 4) is 0 Å². The van der Waals surface area contributed by atoms with Crippen LogP contribution in [-0.4, -0.2) is 33.5 Å². The van der Waals surface area contributed by atoms with Gasteiger partial charge in [-0.2, -0.15) is 0 Å². The van der Waals surface area contributed by atoms with E-state index < -0.39 is 0 Å². The maximum atomic E-state index is 13.8. The third kappa shape index (κ3) is 3.93. The molecule has 0 radical (unpaired) electrons. The van der Waals surface area contributed by atoms with Crippen LogP contribution in [0.1, 0.15) is 34.5 Å². The van der Waals surface area contributed by atoms with E-state index in [2.05, 4.69) is 20.2 Å². The van der Waals surface area contributed by atoms with E-state index in [1.807, 2.05) is 29.7 Å². The molecule has 32 heavy (non-hydrogen) atoms. The number of carbonyl (C=O) groups is 1. The van der Waals surface area contributed by atoms with Gasteiger partial charge in [-0.05, 0) is 73.4 Å². The number of fused-ring (bicyclic) bond motifs is 1. The fraction of sp³-hybridized carbons (Fsp3) is 0.240. The number of benzene rings is 1. The highest BCUT2D eigenvalue weighted by molar-refractivity contribution is 6.06. The van der Waals surface area contributed by atoms with Crippen LogP contribution in [0.15, 0.2) is 61.1 Å². The molecule has 5 rings (SSSR count). The minimum Gasteiger partial charge on any atom is -0.357 e. The zero-order valence-corrected chi connectivity index (χ0v) is 17.9. The van der Waals surface area contributed by atoms with Gasteiger partial charge in [-0.3, -0.25) is 9.78 Å². The van der Waals surface area contributed by atoms with Crippen molar-refractivity contribution in [2.75, 3.05) is 23.3 Å². The highest BCUT2D eigenvalue weighted by Crippen LogP contribution is 2.26. The number of nitrogens with zero attached hydrogens (tertiary/aromatic N) is 4. The molecular weight excluding hydrogens is 405 g/mol. The monoisotopic (exact) mass is 429 g/mol. The Hall–Kier alpha value is -3.74. The summed E-state index contributed by atoms with van der Waals surface area (Å²) in [6.07, 6.45) is 7.52. The average molecular weight is 429 g/mol. The van der Waals surface area contributed by atoms with Gasteiger partial charge in [0.15, 0.2) is 0 Å². The minimum absolute atomic E-state index is 0.255. The Balaban J connectivity index is 1.47. The molecule has 7 heteroatoms. The molecule has 0 bridgehead atoms. The van der Waals surface area contributed by atoms with Crippen molar-refractivity contribution in [2.45, 2.75) is 26.3 Å². The van der Waals surface area contributed by atoms with Crippen molar-refractivity contribution < 1.29 is 9.18 Å². The predicted octanol–water partition coefficient (Wildman–Crippen LogP) is 4.78. The molecule has 0 unspecified atom stereocenters. The third-order valence-electron chi connectivity index (χ3n) is 5.96. The van der Waals surface area contributed by atoms with Crippen LogP contribution in [0.4, 0.5) is 15.9 Å². The topological polar surface area (TPSA) is 63.1 Å². The van der Waals surface area contributed by atoms with Gasteiger partial charge in [0.2, 0.25) is 0 Å². The number of halogens is 1. The molecule has 1 amide bonds. The van der Waals surface area contributed by atoms with E-state index in [4.69, 9.17) is 0 Å². The smallest absolute Gasteiger partial charge is 0.272 e. The van der Waals surface area contributed by atoms with Gasteiger partial charge in [0.25, 0.3) is 5.91 Å². The van der Waals surface area contributed by atoms with Crippen LogP contribution in [0, 0.1) is 12.7 Å². The Morgan fingerprint density at radius 2 is 1.88 bits per heavy atom. The van der Waals surface area contributed by atoms with Crippen molar-refractivity contribution in [1.29, 1.82) is 0 Å². The van der Waals surface area contributed by atoms with E-state index in [0.29, 0.717) is 23.3 Å². The van der Waals surface area contributed by atoms with Crippen LogP contribution in [0.5, 0.6) is 0 Å². The summed E-state index contributed by atoms with van der Waals surface area (Å²) in [5.41, 5.74) is 3.89. The van der Waals surface area contributed by atoms with Gasteiger partial charge in [-0.15, -0.1) is 0 Å². The lowest BCUT2D eigenvalue weighted by Crippen LogP contribution is -2.20. The molecule has 0 atom stereocenters. The van der Waals surface area contributed by atoms with E-state index in [9.17, 15) is 9.18 Å². The summed E-state index contributed by atoms with van der Waals surface area (Å²) in [7, 11) is 0. The molecule has 1 fully saturated rings. The number of aromatic nitrogens is 3. The first-order chi connectivity index (χ1) is 15.6. The summed E-state index contributed by atoms with van der Waals surface area (Å²) in [4.78, 5) is 24.2. The molecule has 0 spiro atoms. The van der Waals surface area contributed by atoms with Crippen molar-refractivity contribution in [3.05, 3.63) is 83.7 Å². The summed E-state index contributed by atoms with van der Waals surface area (Å²) in [5, 5.41) is 3.68. The minimum atomic E-state index is -0.330. The number of pyridine rings is 2. The molecule has 0 saturated carbocycles. The Morgan fingerprint density at radius 3 is 2.62 bits per heavy atom. The summed E-state index contributed by atoms with van der Waals surface area (Å²) in [6, 6.07) is 12.1. The van der Waals surface area contributed by atoms with Crippen LogP contribution >= 0.6 is 0 Å². The van der Waals surface area contributed by atoms with E-state index in [0.717, 1.165) is 35.6 Å². The highest BCUT2D eigenvalue weighted by Gasteiger charge is 2.19. The van der Waals surface area contributed by atoms with E-state index in [1.165, 1.54) is 25.0 Å². The number of hydrogen-bond acceptors (Lipinski definition) is 4. The molecule has 6 nitrogen and oxygen atoms in total. The van der Waals surface area contributed by atoms with Crippen LogP contribution in [-0.2, 0) is 6.54 Å². The fourth-order valence-electron chi connectivity index (χ4n) is 4.25. The molecule has 1 aliphatic rings. The third-order valence-corrected chi connectivity index (χ3v) is 5.96. The first-order valence-electron chi connectivity index (χ1n) is 10.8. The summed E-state index contributed by atoms with van der Waals surface area (Å²) in [6.45, 7) is 4.48. The molecule has 4 heterocycles. The van der Waals surface area contributed by atoms with Crippen LogP contribution < -0.4 is 10.2 Å². The SMILES string of the molecule is Cc1cc(N2CCCC2)ncc1NC(=O)c1cc2cc(F)ccc2n1Cc1ccncc1. The van der Waals surface area contributed by atoms with Gasteiger partial charge in [-0.1, -0.05) is 0 Å². The summed E-state index contributed by atoms with van der Waals surface area (Å²) >= 11 is 0. The standard InChI is InChI=1S/C25H24FN5O/c1-17-12-24(30-10-2-3-11-30)28-15-21(17)29-25(32)23-14-19-13-20(26)4-5-22(19)31(23)16-18-6-8-27-9-7-18/h4-9,12-15H,2-3,10-11,16H2,1H3,(H,29,32). The molecule has 162 valence electrons. The molecule has 3 aromatic heterocycles. The van der Waals surface area contributed by atoms with Crippen LogP contribution in [0.3, 0.4) is 0 Å². The molecule has 1 aromatic carbocycles. The number of rotatable bonds is 5. The highest BCUT2D eigenvalue weighted by atomic mass is 19.1. The first kappa shape index (κ1) is 20.2. The molecular formula is C25H24FN5O. The molecule has 1 saturated heterocycles. The van der Waals surface area contributed by atoms with Gasteiger partial charge in [0.1, 0.15) is 17.3 Å². The van der Waals surface area contributed by atoms with Gasteiger partial charge < -0.3 is 14.8 Å². The number of hydrogen-bond donors (Lipinski definition) is 1. The van der Waals surface area contributed by atoms with E-state index >= 15 is 0 Å². The largest absolute Gasteiger partial charge is 0.357 e. The predicted molar refractivity (Wildman–Crippen MR) is 124 cm³/mol. The lowest BCUT2D eigenvalue weighted by Gasteiger charge is -2.18. The van der Waals surface area contributed by atoms with E-state index in [1.54, 1.807) is 30.7 Å². The molecule has 1 aliphatic heterocycles. The molecule has 1 N–H and O–H groups in total. The van der Waals surface area contributed by atoms with Gasteiger partial charge in [0, 0.05) is 42.9 Å². The first-order valence-corrected chi connectivity index (χ1v) is 10.8. The Morgan fingerprint density at radius 1 is 1.09 bits per heavy atom. The van der Waals surface area contributed by atoms with Crippen LogP contribution in [0.2, 0.25) is 0 Å². The normalized spacial score (nSPS) is 13.6. The summed E-state index contributed by atoms with van der Waals surface area (Å²) in [5.74, 6) is 0.359. The molecule has 4 aromatic rings. The zero-order chi connectivity index (χ0) is 22.1. The van der Waals surface area contributed by atoms with Crippen molar-refractivity contribution in [2.24, 2.45) is 0 Å². The second kappa shape index (κ2) is 8.42. The maximum absolute atomic E-state index is 13.8. The number of nitrogens with one attached hydrogen (secondary N) is 1. The Kier molecular flexibility index (Phi) is 5.31. The summed E-state index contributed by atoms with van der Waals surface area (Å²) < 4.78 is 15.7. The number of carbonyl (C=O) groups excluding carboxylic acids is 1. The van der Waals surface area contributed by atoms with Crippen molar-refractivity contribution in [3.63, 3.8) is 0 Å².